The van der Waals surface area contributed by atoms with Crippen molar-refractivity contribution in [2.75, 3.05) is 10.2 Å². The lowest BCUT2D eigenvalue weighted by Crippen LogP contribution is -2.29. The van der Waals surface area contributed by atoms with Gasteiger partial charge in [0.05, 0.1) is 33.0 Å². The first-order valence-electron chi connectivity index (χ1n) is 9.20. The molecule has 1 heterocycles. The maximum Gasteiger partial charge on any atom is 0.335 e. The predicted octanol–water partition coefficient (Wildman–Crippen LogP) is 4.40. The van der Waals surface area contributed by atoms with E-state index in [1.165, 1.54) is 36.4 Å². The Kier molecular flexibility index (Phi) is 5.04. The molecule has 0 unspecified atom stereocenters. The summed E-state index contributed by atoms with van der Waals surface area (Å²) in [6.07, 6.45) is 0. The van der Waals surface area contributed by atoms with Crippen LogP contribution >= 0.6 is 11.6 Å². The molecule has 0 saturated heterocycles. The molecule has 0 bridgehead atoms. The number of hydrogen-bond donors (Lipinski definition) is 2. The number of halogens is 1. The van der Waals surface area contributed by atoms with Crippen LogP contribution in [0, 0.1) is 6.92 Å². The van der Waals surface area contributed by atoms with Crippen LogP contribution < -0.4 is 10.2 Å². The van der Waals surface area contributed by atoms with Gasteiger partial charge in [-0.05, 0) is 55.5 Å². The first kappa shape index (κ1) is 20.3. The number of carboxylic acid groups (broad SMARTS) is 1. The molecule has 0 aliphatic carbocycles. The molecule has 3 amide bonds. The van der Waals surface area contributed by atoms with Crippen LogP contribution in [0.1, 0.15) is 47.0 Å². The quantitative estimate of drug-likeness (QED) is 0.592. The molecule has 0 aromatic heterocycles. The zero-order valence-corrected chi connectivity index (χ0v) is 16.9. The normalized spacial score (nSPS) is 12.6. The van der Waals surface area contributed by atoms with E-state index in [0.717, 1.165) is 10.5 Å². The Bertz CT molecular complexity index is 1270. The number of aryl methyl sites for hydroxylation is 1. The molecule has 1 aliphatic rings. The molecule has 3 aromatic carbocycles. The minimum Gasteiger partial charge on any atom is -0.478 e. The molecule has 0 saturated carbocycles. The third-order valence-electron chi connectivity index (χ3n) is 4.90. The van der Waals surface area contributed by atoms with Crippen LogP contribution in [0.5, 0.6) is 0 Å². The van der Waals surface area contributed by atoms with Crippen LogP contribution in [0.2, 0.25) is 5.02 Å². The highest BCUT2D eigenvalue weighted by molar-refractivity contribution is 6.36. The van der Waals surface area contributed by atoms with E-state index in [4.69, 9.17) is 16.7 Å². The van der Waals surface area contributed by atoms with Crippen molar-refractivity contribution in [3.05, 3.63) is 93.5 Å². The summed E-state index contributed by atoms with van der Waals surface area (Å²) in [5.74, 6) is -2.98. The van der Waals surface area contributed by atoms with Crippen LogP contribution in [-0.2, 0) is 0 Å². The summed E-state index contributed by atoms with van der Waals surface area (Å²) >= 11 is 6.19. The third kappa shape index (κ3) is 3.67. The molecular weight excluding hydrogens is 420 g/mol. The second kappa shape index (κ2) is 7.70. The third-order valence-corrected chi connectivity index (χ3v) is 5.23. The molecule has 0 radical (unpaired) electrons. The van der Waals surface area contributed by atoms with Crippen LogP contribution in [0.3, 0.4) is 0 Å². The molecule has 0 atom stereocenters. The number of carboxylic acids is 1. The molecule has 8 heteroatoms. The number of anilines is 2. The summed E-state index contributed by atoms with van der Waals surface area (Å²) in [5.41, 5.74) is 1.83. The molecule has 0 spiro atoms. The monoisotopic (exact) mass is 434 g/mol. The maximum absolute atomic E-state index is 12.9. The second-order valence-electron chi connectivity index (χ2n) is 7.00. The Morgan fingerprint density at radius 1 is 0.903 bits per heavy atom. The number of aromatic carboxylic acids is 1. The van der Waals surface area contributed by atoms with Crippen LogP contribution in [0.4, 0.5) is 11.4 Å². The molecule has 2 N–H and O–H groups in total. The SMILES string of the molecule is Cc1ccc(NC(=O)c2cc(N3C(=O)c4ccc(C(=O)O)cc4C3=O)ccc2Cl)cc1. The lowest BCUT2D eigenvalue weighted by molar-refractivity contribution is 0.0696. The molecule has 4 rings (SSSR count). The Morgan fingerprint density at radius 3 is 2.26 bits per heavy atom. The van der Waals surface area contributed by atoms with E-state index in [1.54, 1.807) is 12.1 Å². The molecule has 31 heavy (non-hydrogen) atoms. The van der Waals surface area contributed by atoms with Gasteiger partial charge in [0.25, 0.3) is 17.7 Å². The minimum absolute atomic E-state index is 0.00879. The van der Waals surface area contributed by atoms with Crippen molar-refractivity contribution >= 4 is 46.7 Å². The van der Waals surface area contributed by atoms with E-state index >= 15 is 0 Å². The maximum atomic E-state index is 12.9. The average molecular weight is 435 g/mol. The van der Waals surface area contributed by atoms with Gasteiger partial charge in [-0.3, -0.25) is 14.4 Å². The summed E-state index contributed by atoms with van der Waals surface area (Å²) in [6, 6.07) is 15.1. The zero-order valence-electron chi connectivity index (χ0n) is 16.2. The van der Waals surface area contributed by atoms with Crippen LogP contribution in [0.25, 0.3) is 0 Å². The topological polar surface area (TPSA) is 104 Å². The number of rotatable bonds is 4. The van der Waals surface area contributed by atoms with E-state index in [-0.39, 0.29) is 33.0 Å². The number of imide groups is 1. The number of amides is 3. The molecule has 1 aliphatic heterocycles. The number of hydrogen-bond acceptors (Lipinski definition) is 4. The molecular formula is C23H15ClN2O5. The fourth-order valence-corrected chi connectivity index (χ4v) is 3.47. The molecule has 0 fully saturated rings. The van der Waals surface area contributed by atoms with E-state index in [0.29, 0.717) is 5.69 Å². The van der Waals surface area contributed by atoms with Gasteiger partial charge in [-0.25, -0.2) is 9.69 Å². The van der Waals surface area contributed by atoms with E-state index in [2.05, 4.69) is 5.32 Å². The highest BCUT2D eigenvalue weighted by Gasteiger charge is 2.37. The van der Waals surface area contributed by atoms with E-state index in [1.807, 2.05) is 19.1 Å². The van der Waals surface area contributed by atoms with Crippen LogP contribution in [0.15, 0.2) is 60.7 Å². The zero-order chi connectivity index (χ0) is 22.3. The van der Waals surface area contributed by atoms with Crippen molar-refractivity contribution in [3.63, 3.8) is 0 Å². The predicted molar refractivity (Wildman–Crippen MR) is 115 cm³/mol. The van der Waals surface area contributed by atoms with Gasteiger partial charge in [0.2, 0.25) is 0 Å². The number of benzene rings is 3. The Balaban J connectivity index is 1.67. The van der Waals surface area contributed by atoms with Gasteiger partial charge >= 0.3 is 5.97 Å². The number of carbonyl (C=O) groups excluding carboxylic acids is 3. The standard InChI is InChI=1S/C23H15ClN2O5/c1-12-2-5-14(6-3-12)25-20(27)18-11-15(7-9-19(18)24)26-21(28)16-8-4-13(23(30)31)10-17(16)22(26)29/h2-11H,1H3,(H,25,27)(H,30,31). The summed E-state index contributed by atoms with van der Waals surface area (Å²) in [7, 11) is 0. The fraction of sp³-hybridized carbons (Fsp3) is 0.0435. The first-order chi connectivity index (χ1) is 14.8. The summed E-state index contributed by atoms with van der Waals surface area (Å²) in [4.78, 5) is 50.5. The Morgan fingerprint density at radius 2 is 1.58 bits per heavy atom. The van der Waals surface area contributed by atoms with E-state index in [9.17, 15) is 19.2 Å². The van der Waals surface area contributed by atoms with E-state index < -0.39 is 23.7 Å². The largest absolute Gasteiger partial charge is 0.478 e. The summed E-state index contributed by atoms with van der Waals surface area (Å²) in [5, 5.41) is 12.0. The average Bonchev–Trinajstić information content (AvgIpc) is 3.00. The highest BCUT2D eigenvalue weighted by atomic mass is 35.5. The van der Waals surface area contributed by atoms with Crippen LogP contribution in [-0.4, -0.2) is 28.8 Å². The molecule has 3 aromatic rings. The highest BCUT2D eigenvalue weighted by Crippen LogP contribution is 2.32. The van der Waals surface area contributed by atoms with Gasteiger partial charge in [0.1, 0.15) is 0 Å². The van der Waals surface area contributed by atoms with Gasteiger partial charge in [0.15, 0.2) is 0 Å². The number of carbonyl (C=O) groups is 4. The smallest absolute Gasteiger partial charge is 0.335 e. The van der Waals surface area contributed by atoms with Crippen molar-refractivity contribution < 1.29 is 24.3 Å². The van der Waals surface area contributed by atoms with Gasteiger partial charge < -0.3 is 10.4 Å². The lowest BCUT2D eigenvalue weighted by atomic mass is 10.1. The van der Waals surface area contributed by atoms with Gasteiger partial charge in [0, 0.05) is 5.69 Å². The number of nitrogens with zero attached hydrogens (tertiary/aromatic N) is 1. The number of nitrogens with one attached hydrogen (secondary N) is 1. The number of fused-ring (bicyclic) bond motifs is 1. The van der Waals surface area contributed by atoms with Crippen molar-refractivity contribution in [2.24, 2.45) is 0 Å². The summed E-state index contributed by atoms with van der Waals surface area (Å²) < 4.78 is 0. The Labute approximate surface area is 181 Å². The molecule has 154 valence electrons. The van der Waals surface area contributed by atoms with Crippen molar-refractivity contribution in [1.29, 1.82) is 0 Å². The fourth-order valence-electron chi connectivity index (χ4n) is 3.27. The lowest BCUT2D eigenvalue weighted by Gasteiger charge is -2.16. The Hall–Kier alpha value is -3.97. The summed E-state index contributed by atoms with van der Waals surface area (Å²) in [6.45, 7) is 1.92. The first-order valence-corrected chi connectivity index (χ1v) is 9.58. The molecule has 7 nitrogen and oxygen atoms in total. The van der Waals surface area contributed by atoms with Crippen molar-refractivity contribution in [3.8, 4) is 0 Å². The van der Waals surface area contributed by atoms with Crippen molar-refractivity contribution in [2.45, 2.75) is 6.92 Å². The van der Waals surface area contributed by atoms with Gasteiger partial charge in [-0.1, -0.05) is 29.3 Å². The van der Waals surface area contributed by atoms with Crippen molar-refractivity contribution in [1.82, 2.24) is 0 Å². The van der Waals surface area contributed by atoms with Gasteiger partial charge in [-0.15, -0.1) is 0 Å². The van der Waals surface area contributed by atoms with Gasteiger partial charge in [-0.2, -0.15) is 0 Å². The minimum atomic E-state index is -1.21. The second-order valence-corrected chi connectivity index (χ2v) is 7.40.